The van der Waals surface area contributed by atoms with Gasteiger partial charge in [-0.1, -0.05) is 25.6 Å². The molecule has 1 saturated heterocycles. The van der Waals surface area contributed by atoms with Crippen LogP contribution in [0.1, 0.15) is 26.7 Å². The van der Waals surface area contributed by atoms with E-state index in [1.807, 2.05) is 11.8 Å². The van der Waals surface area contributed by atoms with Crippen LogP contribution in [0.5, 0.6) is 0 Å². The summed E-state index contributed by atoms with van der Waals surface area (Å²) in [6.45, 7) is 6.42. The molecule has 0 atom stereocenters. The van der Waals surface area contributed by atoms with E-state index in [-0.39, 0.29) is 0 Å². The van der Waals surface area contributed by atoms with E-state index in [4.69, 9.17) is 0 Å². The van der Waals surface area contributed by atoms with E-state index in [2.05, 4.69) is 43.2 Å². The Morgan fingerprint density at radius 1 is 1.40 bits per heavy atom. The van der Waals surface area contributed by atoms with Gasteiger partial charge in [0.25, 0.3) is 0 Å². The molecule has 0 spiro atoms. The third-order valence-electron chi connectivity index (χ3n) is 3.01. The zero-order chi connectivity index (χ0) is 11.3. The molecule has 15 heavy (non-hydrogen) atoms. The van der Waals surface area contributed by atoms with E-state index in [0.29, 0.717) is 5.54 Å². The molecular weight excluding hydrogens is 206 g/mol. The van der Waals surface area contributed by atoms with E-state index >= 15 is 0 Å². The first-order valence-corrected chi connectivity index (χ1v) is 6.70. The second-order valence-electron chi connectivity index (χ2n) is 4.39. The molecule has 1 aliphatic rings. The number of nitrogens with one attached hydrogen (secondary N) is 1. The molecular formula is C11H23N3S. The summed E-state index contributed by atoms with van der Waals surface area (Å²) in [5.74, 6) is 1.17. The molecule has 0 aromatic rings. The highest BCUT2D eigenvalue weighted by atomic mass is 32.2. The summed E-state index contributed by atoms with van der Waals surface area (Å²) >= 11 is 1.87. The molecule has 1 fully saturated rings. The molecule has 1 rings (SSSR count). The van der Waals surface area contributed by atoms with Gasteiger partial charge in [-0.3, -0.25) is 4.99 Å². The molecule has 0 saturated carbocycles. The number of amidine groups is 1. The van der Waals surface area contributed by atoms with Crippen LogP contribution in [-0.2, 0) is 0 Å². The van der Waals surface area contributed by atoms with Gasteiger partial charge in [-0.2, -0.15) is 0 Å². The number of aliphatic imine (C=N–C) groups is 1. The van der Waals surface area contributed by atoms with Crippen LogP contribution in [0.2, 0.25) is 0 Å². The minimum atomic E-state index is 0.307. The summed E-state index contributed by atoms with van der Waals surface area (Å²) in [5, 5.41) is 4.71. The van der Waals surface area contributed by atoms with E-state index in [9.17, 15) is 0 Å². The van der Waals surface area contributed by atoms with Crippen molar-refractivity contribution in [2.24, 2.45) is 4.99 Å². The van der Waals surface area contributed by atoms with Crippen molar-refractivity contribution < 1.29 is 0 Å². The third-order valence-corrected chi connectivity index (χ3v) is 4.21. The fraction of sp³-hybridized carbons (Fsp3) is 0.909. The van der Waals surface area contributed by atoms with Crippen LogP contribution in [0.15, 0.2) is 4.99 Å². The molecule has 3 nitrogen and oxygen atoms in total. The number of likely N-dealkylation sites (N-methyl/N-ethyl adjacent to an activating group) is 1. The van der Waals surface area contributed by atoms with Gasteiger partial charge in [0, 0.05) is 17.8 Å². The SMILES string of the molecule is CCC1(CC)CSC(=NCCN(C)C)N1. The second-order valence-corrected chi connectivity index (χ2v) is 5.36. The fourth-order valence-electron chi connectivity index (χ4n) is 1.57. The molecule has 0 aromatic carbocycles. The Morgan fingerprint density at radius 3 is 2.53 bits per heavy atom. The van der Waals surface area contributed by atoms with Crippen LogP contribution in [0.25, 0.3) is 0 Å². The number of thioether (sulfide) groups is 1. The molecule has 0 aliphatic carbocycles. The van der Waals surface area contributed by atoms with Crippen LogP contribution in [0.4, 0.5) is 0 Å². The lowest BCUT2D eigenvalue weighted by Gasteiger charge is -2.25. The van der Waals surface area contributed by atoms with Crippen molar-refractivity contribution in [1.82, 2.24) is 10.2 Å². The molecule has 1 heterocycles. The van der Waals surface area contributed by atoms with Crippen LogP contribution in [0.3, 0.4) is 0 Å². The summed E-state index contributed by atoms with van der Waals surface area (Å²) in [5.41, 5.74) is 0.307. The summed E-state index contributed by atoms with van der Waals surface area (Å²) in [7, 11) is 4.16. The monoisotopic (exact) mass is 229 g/mol. The minimum Gasteiger partial charge on any atom is -0.359 e. The van der Waals surface area contributed by atoms with Gasteiger partial charge in [-0.15, -0.1) is 0 Å². The highest BCUT2D eigenvalue weighted by Gasteiger charge is 2.33. The average molecular weight is 229 g/mol. The molecule has 1 N–H and O–H groups in total. The van der Waals surface area contributed by atoms with E-state index < -0.39 is 0 Å². The van der Waals surface area contributed by atoms with Gasteiger partial charge in [-0.25, -0.2) is 0 Å². The summed E-state index contributed by atoms with van der Waals surface area (Å²) in [6.07, 6.45) is 2.37. The quantitative estimate of drug-likeness (QED) is 0.779. The van der Waals surface area contributed by atoms with E-state index in [1.165, 1.54) is 18.6 Å². The molecule has 0 bridgehead atoms. The molecule has 4 heteroatoms. The van der Waals surface area contributed by atoms with E-state index in [0.717, 1.165) is 18.3 Å². The highest BCUT2D eigenvalue weighted by Crippen LogP contribution is 2.28. The molecule has 0 unspecified atom stereocenters. The summed E-state index contributed by atoms with van der Waals surface area (Å²) < 4.78 is 0. The first-order valence-electron chi connectivity index (χ1n) is 5.72. The van der Waals surface area contributed by atoms with Gasteiger partial charge in [0.05, 0.1) is 6.54 Å². The van der Waals surface area contributed by atoms with Gasteiger partial charge in [0.2, 0.25) is 0 Å². The molecule has 0 aromatic heterocycles. The average Bonchev–Trinajstić information content (AvgIpc) is 2.62. The molecule has 88 valence electrons. The zero-order valence-corrected chi connectivity index (χ0v) is 11.2. The van der Waals surface area contributed by atoms with Crippen molar-refractivity contribution in [3.05, 3.63) is 0 Å². The van der Waals surface area contributed by atoms with Crippen LogP contribution in [0, 0.1) is 0 Å². The maximum absolute atomic E-state index is 4.58. The first kappa shape index (κ1) is 12.8. The maximum atomic E-state index is 4.58. The van der Waals surface area contributed by atoms with Gasteiger partial charge in [-0.05, 0) is 26.9 Å². The van der Waals surface area contributed by atoms with Crippen molar-refractivity contribution in [1.29, 1.82) is 0 Å². The predicted molar refractivity (Wildman–Crippen MR) is 69.8 cm³/mol. The number of nitrogens with zero attached hydrogens (tertiary/aromatic N) is 2. The van der Waals surface area contributed by atoms with Crippen molar-refractivity contribution in [3.63, 3.8) is 0 Å². The second kappa shape index (κ2) is 5.75. The lowest BCUT2D eigenvalue weighted by Crippen LogP contribution is -2.42. The number of hydrogen-bond acceptors (Lipinski definition) is 3. The predicted octanol–water partition coefficient (Wildman–Crippen LogP) is 1.80. The first-order chi connectivity index (χ1) is 7.12. The van der Waals surface area contributed by atoms with E-state index in [1.54, 1.807) is 0 Å². The lowest BCUT2D eigenvalue weighted by atomic mass is 9.96. The summed E-state index contributed by atoms with van der Waals surface area (Å²) in [6, 6.07) is 0. The minimum absolute atomic E-state index is 0.307. The smallest absolute Gasteiger partial charge is 0.157 e. The Morgan fingerprint density at radius 2 is 2.07 bits per heavy atom. The highest BCUT2D eigenvalue weighted by molar-refractivity contribution is 8.14. The third kappa shape index (κ3) is 3.68. The topological polar surface area (TPSA) is 27.6 Å². The Balaban J connectivity index is 2.41. The van der Waals surface area contributed by atoms with Gasteiger partial charge < -0.3 is 10.2 Å². The van der Waals surface area contributed by atoms with Crippen molar-refractivity contribution in [2.75, 3.05) is 32.9 Å². The lowest BCUT2D eigenvalue weighted by molar-refractivity contribution is 0.405. The Kier molecular flexibility index (Phi) is 4.93. The number of rotatable bonds is 5. The van der Waals surface area contributed by atoms with Crippen LogP contribution in [-0.4, -0.2) is 48.5 Å². The Bertz CT molecular complexity index is 222. The molecule has 1 aliphatic heterocycles. The van der Waals surface area contributed by atoms with Crippen LogP contribution >= 0.6 is 11.8 Å². The standard InChI is InChI=1S/C11H23N3S/c1-5-11(6-2)9-15-10(13-11)12-7-8-14(3)4/h5-9H2,1-4H3,(H,12,13). The van der Waals surface area contributed by atoms with Crippen LogP contribution < -0.4 is 5.32 Å². The number of hydrogen-bond donors (Lipinski definition) is 1. The summed E-state index contributed by atoms with van der Waals surface area (Å²) in [4.78, 5) is 6.74. The Hall–Kier alpha value is -0.220. The van der Waals surface area contributed by atoms with Crippen molar-refractivity contribution in [2.45, 2.75) is 32.2 Å². The van der Waals surface area contributed by atoms with Gasteiger partial charge in [0.1, 0.15) is 0 Å². The fourth-order valence-corrected chi connectivity index (χ4v) is 2.94. The van der Waals surface area contributed by atoms with Gasteiger partial charge in [0.15, 0.2) is 5.17 Å². The normalized spacial score (nSPS) is 22.3. The molecule has 0 amide bonds. The Labute approximate surface area is 97.7 Å². The maximum Gasteiger partial charge on any atom is 0.157 e. The molecule has 0 radical (unpaired) electrons. The van der Waals surface area contributed by atoms with Crippen molar-refractivity contribution in [3.8, 4) is 0 Å². The van der Waals surface area contributed by atoms with Crippen molar-refractivity contribution >= 4 is 16.9 Å². The zero-order valence-electron chi connectivity index (χ0n) is 10.3. The largest absolute Gasteiger partial charge is 0.359 e. The van der Waals surface area contributed by atoms with Gasteiger partial charge >= 0.3 is 0 Å².